The zero-order valence-corrected chi connectivity index (χ0v) is 16.4. The summed E-state index contributed by atoms with van der Waals surface area (Å²) in [6.45, 7) is 4.44. The average molecular weight is 402 g/mol. The Bertz CT molecular complexity index is 988. The molecule has 10 nitrogen and oxygen atoms in total. The second kappa shape index (κ2) is 8.76. The van der Waals surface area contributed by atoms with Crippen molar-refractivity contribution in [3.05, 3.63) is 49.1 Å². The Hall–Kier alpha value is -3.05. The first-order valence-electron chi connectivity index (χ1n) is 8.73. The van der Waals surface area contributed by atoms with Crippen LogP contribution in [0.15, 0.2) is 54.1 Å². The molecular weight excluding hydrogens is 380 g/mol. The van der Waals surface area contributed by atoms with Gasteiger partial charge in [0, 0.05) is 31.5 Å². The second-order valence-corrected chi connectivity index (χ2v) is 7.94. The van der Waals surface area contributed by atoms with Gasteiger partial charge in [-0.2, -0.15) is 0 Å². The van der Waals surface area contributed by atoms with Crippen LogP contribution in [-0.4, -0.2) is 46.2 Å². The van der Waals surface area contributed by atoms with Crippen molar-refractivity contribution in [3.63, 3.8) is 0 Å². The second-order valence-electron chi connectivity index (χ2n) is 6.22. The zero-order valence-electron chi connectivity index (χ0n) is 15.6. The molecule has 3 heterocycles. The lowest BCUT2D eigenvalue weighted by Crippen LogP contribution is -2.29. The lowest BCUT2D eigenvalue weighted by atomic mass is 10.4. The fourth-order valence-corrected chi connectivity index (χ4v) is 3.22. The maximum Gasteiger partial charge on any atom is 0.259 e. The smallest absolute Gasteiger partial charge is 0.259 e. The highest BCUT2D eigenvalue weighted by Crippen LogP contribution is 2.12. The van der Waals surface area contributed by atoms with Gasteiger partial charge < -0.3 is 15.2 Å². The van der Waals surface area contributed by atoms with E-state index in [0.29, 0.717) is 24.0 Å². The van der Waals surface area contributed by atoms with Gasteiger partial charge in [-0.15, -0.1) is 10.2 Å². The number of nitrogens with one attached hydrogen (secondary N) is 3. The molecule has 0 aliphatic rings. The van der Waals surface area contributed by atoms with Gasteiger partial charge in [0.2, 0.25) is 0 Å². The van der Waals surface area contributed by atoms with Gasteiger partial charge >= 0.3 is 0 Å². The zero-order chi connectivity index (χ0) is 20.0. The first-order chi connectivity index (χ1) is 13.4. The number of pyridine rings is 1. The average Bonchev–Trinajstić information content (AvgIpc) is 3.19. The molecule has 0 saturated heterocycles. The molecule has 0 amide bonds. The number of hydrogen-bond acceptors (Lipinski definition) is 8. The Morgan fingerprint density at radius 3 is 2.43 bits per heavy atom. The van der Waals surface area contributed by atoms with Gasteiger partial charge in [-0.1, -0.05) is 6.07 Å². The van der Waals surface area contributed by atoms with Crippen molar-refractivity contribution in [2.75, 3.05) is 23.7 Å². The van der Waals surface area contributed by atoms with Crippen molar-refractivity contribution < 1.29 is 8.42 Å². The molecule has 0 fully saturated rings. The van der Waals surface area contributed by atoms with Crippen molar-refractivity contribution in [2.24, 2.45) is 0 Å². The Balaban J connectivity index is 1.47. The van der Waals surface area contributed by atoms with E-state index < -0.39 is 10.0 Å². The molecule has 0 aromatic carbocycles. The van der Waals surface area contributed by atoms with Crippen molar-refractivity contribution >= 4 is 27.5 Å². The minimum absolute atomic E-state index is 0.00550. The van der Waals surface area contributed by atoms with Crippen LogP contribution in [0.2, 0.25) is 0 Å². The summed E-state index contributed by atoms with van der Waals surface area (Å²) in [4.78, 5) is 8.10. The van der Waals surface area contributed by atoms with Crippen LogP contribution in [0.3, 0.4) is 0 Å². The Morgan fingerprint density at radius 2 is 1.79 bits per heavy atom. The summed E-state index contributed by atoms with van der Waals surface area (Å²) in [5, 5.41) is 14.2. The van der Waals surface area contributed by atoms with Gasteiger partial charge in [0.05, 0.1) is 6.33 Å². The molecule has 0 radical (unpaired) electrons. The van der Waals surface area contributed by atoms with Gasteiger partial charge in [-0.3, -0.25) is 0 Å². The number of sulfonamides is 1. The van der Waals surface area contributed by atoms with Gasteiger partial charge in [0.15, 0.2) is 10.8 Å². The van der Waals surface area contributed by atoms with E-state index >= 15 is 0 Å². The summed E-state index contributed by atoms with van der Waals surface area (Å²) in [5.41, 5.74) is 0. The molecule has 3 aromatic rings. The largest absolute Gasteiger partial charge is 0.367 e. The number of nitrogens with zero attached hydrogens (tertiary/aromatic N) is 5. The number of rotatable bonds is 9. The number of imidazole rings is 1. The molecule has 148 valence electrons. The highest BCUT2D eigenvalue weighted by atomic mass is 32.2. The van der Waals surface area contributed by atoms with Gasteiger partial charge in [0.25, 0.3) is 10.0 Å². The minimum Gasteiger partial charge on any atom is -0.367 e. The summed E-state index contributed by atoms with van der Waals surface area (Å²) in [6, 6.07) is 9.17. The van der Waals surface area contributed by atoms with E-state index in [1.54, 1.807) is 22.9 Å². The summed E-state index contributed by atoms with van der Waals surface area (Å²) < 4.78 is 28.7. The van der Waals surface area contributed by atoms with Crippen LogP contribution in [0.4, 0.5) is 17.5 Å². The third kappa shape index (κ3) is 5.24. The molecule has 3 rings (SSSR count). The number of aromatic nitrogens is 5. The fraction of sp³-hybridized carbons (Fsp3) is 0.294. The molecule has 28 heavy (non-hydrogen) atoms. The van der Waals surface area contributed by atoms with E-state index in [0.717, 1.165) is 0 Å². The first kappa shape index (κ1) is 19.7. The SMILES string of the molecule is CC(C)n1cnc(S(=O)(=O)NCCNc2ccc(Nc3ccccn3)nn2)c1. The topological polar surface area (TPSA) is 127 Å². The van der Waals surface area contributed by atoms with Crippen molar-refractivity contribution in [2.45, 2.75) is 24.9 Å². The third-order valence-corrected chi connectivity index (χ3v) is 5.10. The van der Waals surface area contributed by atoms with Gasteiger partial charge in [0.1, 0.15) is 11.6 Å². The van der Waals surface area contributed by atoms with E-state index in [4.69, 9.17) is 0 Å². The van der Waals surface area contributed by atoms with E-state index in [9.17, 15) is 8.42 Å². The lowest BCUT2D eigenvalue weighted by Gasteiger charge is -2.08. The van der Waals surface area contributed by atoms with Crippen molar-refractivity contribution in [1.82, 2.24) is 29.5 Å². The van der Waals surface area contributed by atoms with Gasteiger partial charge in [-0.25, -0.2) is 23.1 Å². The Morgan fingerprint density at radius 1 is 1.00 bits per heavy atom. The number of anilines is 3. The fourth-order valence-electron chi connectivity index (χ4n) is 2.25. The third-order valence-electron chi connectivity index (χ3n) is 3.76. The summed E-state index contributed by atoms with van der Waals surface area (Å²) >= 11 is 0. The minimum atomic E-state index is -3.64. The van der Waals surface area contributed by atoms with Crippen LogP contribution in [0.1, 0.15) is 19.9 Å². The molecule has 0 bridgehead atoms. The molecule has 0 atom stereocenters. The number of hydrogen-bond donors (Lipinski definition) is 3. The van der Waals surface area contributed by atoms with Crippen LogP contribution < -0.4 is 15.4 Å². The van der Waals surface area contributed by atoms with Crippen molar-refractivity contribution in [3.8, 4) is 0 Å². The van der Waals surface area contributed by atoms with Crippen LogP contribution in [0.25, 0.3) is 0 Å². The van der Waals surface area contributed by atoms with Crippen LogP contribution in [0, 0.1) is 0 Å². The molecule has 3 N–H and O–H groups in total. The predicted molar refractivity (Wildman–Crippen MR) is 106 cm³/mol. The molecular formula is C17H22N8O2S. The Kier molecular flexibility index (Phi) is 6.16. The summed E-state index contributed by atoms with van der Waals surface area (Å²) in [5.74, 6) is 1.77. The molecule has 3 aromatic heterocycles. The van der Waals surface area contributed by atoms with E-state index in [1.807, 2.05) is 32.0 Å². The quantitative estimate of drug-likeness (QED) is 0.462. The molecule has 0 spiro atoms. The Labute approximate surface area is 163 Å². The normalized spacial score (nSPS) is 11.5. The van der Waals surface area contributed by atoms with Crippen LogP contribution >= 0.6 is 0 Å². The highest BCUT2D eigenvalue weighted by Gasteiger charge is 2.17. The monoisotopic (exact) mass is 402 g/mol. The van der Waals surface area contributed by atoms with E-state index in [-0.39, 0.29) is 17.6 Å². The predicted octanol–water partition coefficient (Wildman–Crippen LogP) is 1.78. The maximum atomic E-state index is 12.2. The lowest BCUT2D eigenvalue weighted by molar-refractivity contribution is 0.577. The standard InChI is InChI=1S/C17H22N8O2S/c1-13(2)25-11-17(20-12-25)28(26,27)21-10-9-19-15-6-7-16(24-23-15)22-14-5-3-4-8-18-14/h3-8,11-13,21H,9-10H2,1-2H3,(H,19,23)(H,18,22,24). The first-order valence-corrected chi connectivity index (χ1v) is 10.2. The molecule has 0 saturated carbocycles. The summed E-state index contributed by atoms with van der Waals surface area (Å²) in [6.07, 6.45) is 4.70. The van der Waals surface area contributed by atoms with Crippen LogP contribution in [0.5, 0.6) is 0 Å². The molecule has 0 aliphatic heterocycles. The maximum absolute atomic E-state index is 12.2. The molecule has 0 aliphatic carbocycles. The van der Waals surface area contributed by atoms with Crippen LogP contribution in [-0.2, 0) is 10.0 Å². The van der Waals surface area contributed by atoms with E-state index in [2.05, 4.69) is 35.5 Å². The van der Waals surface area contributed by atoms with Gasteiger partial charge in [-0.05, 0) is 38.1 Å². The van der Waals surface area contributed by atoms with Crippen molar-refractivity contribution in [1.29, 1.82) is 0 Å². The molecule has 0 unspecified atom stereocenters. The summed E-state index contributed by atoms with van der Waals surface area (Å²) in [7, 11) is -3.64. The van der Waals surface area contributed by atoms with E-state index in [1.165, 1.54) is 12.5 Å². The molecule has 11 heteroatoms. The highest BCUT2D eigenvalue weighted by molar-refractivity contribution is 7.89.